The lowest BCUT2D eigenvalue weighted by molar-refractivity contribution is 0.647. The van der Waals surface area contributed by atoms with Crippen molar-refractivity contribution in [2.75, 3.05) is 0 Å². The highest BCUT2D eigenvalue weighted by Gasteiger charge is 2.23. The van der Waals surface area contributed by atoms with Gasteiger partial charge in [-0.2, -0.15) is 0 Å². The third-order valence-corrected chi connectivity index (χ3v) is 10.3. The van der Waals surface area contributed by atoms with Gasteiger partial charge < -0.3 is 8.98 Å². The maximum Gasteiger partial charge on any atom is 0.213 e. The molecule has 8 aromatic carbocycles. The molecule has 0 unspecified atom stereocenters. The van der Waals surface area contributed by atoms with E-state index in [1.807, 2.05) is 0 Å². The van der Waals surface area contributed by atoms with E-state index in [1.54, 1.807) is 0 Å². The molecule has 0 bridgehead atoms. The van der Waals surface area contributed by atoms with E-state index in [1.165, 1.54) is 48.8 Å². The molecule has 0 aliphatic carbocycles. The van der Waals surface area contributed by atoms with Gasteiger partial charge in [-0.25, -0.2) is 0 Å². The second-order valence-electron chi connectivity index (χ2n) is 12.9. The van der Waals surface area contributed by atoms with Crippen LogP contribution in [0.3, 0.4) is 0 Å². The topological polar surface area (TPSA) is 23.0 Å². The molecule has 11 aromatic rings. The van der Waals surface area contributed by atoms with Gasteiger partial charge in [0, 0.05) is 32.9 Å². The van der Waals surface area contributed by atoms with Crippen LogP contribution in [-0.4, -0.2) is 9.13 Å². The number of benzene rings is 8. The van der Waals surface area contributed by atoms with Crippen molar-refractivity contribution in [3.8, 4) is 22.5 Å². The van der Waals surface area contributed by atoms with E-state index in [0.29, 0.717) is 0 Å². The Balaban J connectivity index is 1.18. The number of hydrogen-bond donors (Lipinski definition) is 0. The fraction of sp³-hybridized carbons (Fsp3) is 0. The zero-order valence-corrected chi connectivity index (χ0v) is 26.5. The first-order chi connectivity index (χ1) is 24.3. The second kappa shape index (κ2) is 9.96. The number of para-hydroxylation sites is 3. The van der Waals surface area contributed by atoms with E-state index in [0.717, 1.165) is 50.0 Å². The van der Waals surface area contributed by atoms with Crippen molar-refractivity contribution in [2.24, 2.45) is 0 Å². The number of rotatable bonds is 3. The lowest BCUT2D eigenvalue weighted by Crippen LogP contribution is -1.94. The molecule has 0 aliphatic heterocycles. The normalized spacial score (nSPS) is 12.1. The lowest BCUT2D eigenvalue weighted by atomic mass is 9.96. The maximum atomic E-state index is 7.06. The molecule has 11 rings (SSSR count). The molecule has 49 heavy (non-hydrogen) atoms. The van der Waals surface area contributed by atoms with Crippen LogP contribution >= 0.6 is 0 Å². The molecule has 0 N–H and O–H groups in total. The summed E-state index contributed by atoms with van der Waals surface area (Å²) in [7, 11) is 0. The molecule has 0 fully saturated rings. The first-order valence-corrected chi connectivity index (χ1v) is 16.8. The van der Waals surface area contributed by atoms with Crippen molar-refractivity contribution in [3.63, 3.8) is 0 Å². The Morgan fingerprint density at radius 2 is 1.06 bits per heavy atom. The smallest absolute Gasteiger partial charge is 0.213 e. The molecule has 3 heteroatoms. The van der Waals surface area contributed by atoms with E-state index in [9.17, 15) is 0 Å². The van der Waals surface area contributed by atoms with Crippen LogP contribution in [-0.2, 0) is 0 Å². The fourth-order valence-electron chi connectivity index (χ4n) is 8.12. The Bertz CT molecular complexity index is 3100. The zero-order chi connectivity index (χ0) is 32.1. The Labute approximate surface area is 281 Å². The Morgan fingerprint density at radius 3 is 1.94 bits per heavy atom. The maximum absolute atomic E-state index is 7.06. The minimum absolute atomic E-state index is 0.867. The van der Waals surface area contributed by atoms with Crippen LogP contribution < -0.4 is 0 Å². The van der Waals surface area contributed by atoms with Gasteiger partial charge in [-0.3, -0.25) is 4.57 Å². The van der Waals surface area contributed by atoms with Gasteiger partial charge in [-0.05, 0) is 81.2 Å². The van der Waals surface area contributed by atoms with Crippen LogP contribution in [0, 0.1) is 0 Å². The predicted molar refractivity (Wildman–Crippen MR) is 205 cm³/mol. The van der Waals surface area contributed by atoms with Crippen molar-refractivity contribution in [3.05, 3.63) is 170 Å². The van der Waals surface area contributed by atoms with Crippen molar-refractivity contribution in [1.82, 2.24) is 9.13 Å². The van der Waals surface area contributed by atoms with Crippen LogP contribution in [0.1, 0.15) is 0 Å². The number of nitrogens with zero attached hydrogens (tertiary/aromatic N) is 2. The monoisotopic (exact) mass is 624 g/mol. The summed E-state index contributed by atoms with van der Waals surface area (Å²) >= 11 is 0. The van der Waals surface area contributed by atoms with Crippen molar-refractivity contribution in [1.29, 1.82) is 0 Å². The summed E-state index contributed by atoms with van der Waals surface area (Å²) < 4.78 is 11.7. The van der Waals surface area contributed by atoms with E-state index in [-0.39, 0.29) is 0 Å². The standard InChI is InChI=1S/C46H28N2O/c1-2-13-33(14-3-1)48-42-20-9-7-17-39(42)43-40-26-25-38-37-16-6-8-19-41(37)47(44(38)45(40)49-46(43)48)34-24-23-30-27-32(22-21-31(30)28-34)36-18-10-12-29-11-4-5-15-35(29)36/h1-28H. The van der Waals surface area contributed by atoms with Crippen molar-refractivity contribution in [2.45, 2.75) is 0 Å². The summed E-state index contributed by atoms with van der Waals surface area (Å²) in [5.74, 6) is 0. The van der Waals surface area contributed by atoms with Gasteiger partial charge in [0.1, 0.15) is 0 Å². The molecular formula is C46H28N2O. The minimum atomic E-state index is 0.867. The molecule has 0 saturated carbocycles. The van der Waals surface area contributed by atoms with Gasteiger partial charge in [0.15, 0.2) is 5.58 Å². The molecule has 0 atom stereocenters. The summed E-state index contributed by atoms with van der Waals surface area (Å²) in [5.41, 5.74) is 9.84. The van der Waals surface area contributed by atoms with E-state index in [2.05, 4.69) is 179 Å². The Kier molecular flexibility index (Phi) is 5.38. The summed E-state index contributed by atoms with van der Waals surface area (Å²) in [6.07, 6.45) is 0. The number of fused-ring (bicyclic) bond motifs is 11. The molecule has 3 heterocycles. The highest BCUT2D eigenvalue weighted by atomic mass is 16.3. The highest BCUT2D eigenvalue weighted by molar-refractivity contribution is 6.26. The molecule has 0 radical (unpaired) electrons. The van der Waals surface area contributed by atoms with Gasteiger partial charge in [0.2, 0.25) is 5.71 Å². The molecule has 3 nitrogen and oxygen atoms in total. The van der Waals surface area contributed by atoms with Crippen LogP contribution in [0.15, 0.2) is 174 Å². The Morgan fingerprint density at radius 1 is 0.388 bits per heavy atom. The SMILES string of the molecule is c1ccc(-n2c3ccccc3c3c4ccc5c6ccccc6n(-c6ccc7cc(-c8cccc9ccccc89)ccc7c6)c5c4oc32)cc1. The van der Waals surface area contributed by atoms with Gasteiger partial charge in [0.05, 0.1) is 21.9 Å². The van der Waals surface area contributed by atoms with Gasteiger partial charge in [0.25, 0.3) is 0 Å². The quantitative estimate of drug-likeness (QED) is 0.192. The minimum Gasteiger partial charge on any atom is -0.437 e. The zero-order valence-electron chi connectivity index (χ0n) is 26.5. The van der Waals surface area contributed by atoms with Crippen LogP contribution in [0.25, 0.3) is 98.8 Å². The van der Waals surface area contributed by atoms with E-state index in [4.69, 9.17) is 4.42 Å². The third kappa shape index (κ3) is 3.73. The first kappa shape index (κ1) is 26.5. The van der Waals surface area contributed by atoms with Crippen molar-refractivity contribution >= 4 is 76.3 Å². The summed E-state index contributed by atoms with van der Waals surface area (Å²) in [4.78, 5) is 0. The second-order valence-corrected chi connectivity index (χ2v) is 12.9. The molecular weight excluding hydrogens is 597 g/mol. The number of aromatic nitrogens is 2. The van der Waals surface area contributed by atoms with E-state index < -0.39 is 0 Å². The molecule has 228 valence electrons. The van der Waals surface area contributed by atoms with Crippen molar-refractivity contribution < 1.29 is 4.42 Å². The molecule has 0 spiro atoms. The van der Waals surface area contributed by atoms with Gasteiger partial charge in [-0.1, -0.05) is 121 Å². The lowest BCUT2D eigenvalue weighted by Gasteiger charge is -2.12. The van der Waals surface area contributed by atoms with Crippen LogP contribution in [0.5, 0.6) is 0 Å². The van der Waals surface area contributed by atoms with Gasteiger partial charge >= 0.3 is 0 Å². The third-order valence-electron chi connectivity index (χ3n) is 10.3. The fourth-order valence-corrected chi connectivity index (χ4v) is 8.12. The average molecular weight is 625 g/mol. The average Bonchev–Trinajstić information content (AvgIpc) is 3.81. The van der Waals surface area contributed by atoms with Crippen LogP contribution in [0.2, 0.25) is 0 Å². The molecule has 0 amide bonds. The van der Waals surface area contributed by atoms with Gasteiger partial charge in [-0.15, -0.1) is 0 Å². The van der Waals surface area contributed by atoms with E-state index >= 15 is 0 Å². The summed E-state index contributed by atoms with van der Waals surface area (Å²) in [6, 6.07) is 61.2. The highest BCUT2D eigenvalue weighted by Crippen LogP contribution is 2.44. The number of furan rings is 1. The summed E-state index contributed by atoms with van der Waals surface area (Å²) in [5, 5.41) is 10.8. The predicted octanol–water partition coefficient (Wildman–Crippen LogP) is 12.6. The molecule has 3 aromatic heterocycles. The van der Waals surface area contributed by atoms with Crippen LogP contribution in [0.4, 0.5) is 0 Å². The molecule has 0 saturated heterocycles. The molecule has 0 aliphatic rings. The largest absolute Gasteiger partial charge is 0.437 e. The summed E-state index contributed by atoms with van der Waals surface area (Å²) in [6.45, 7) is 0. The first-order valence-electron chi connectivity index (χ1n) is 16.8. The number of hydrogen-bond acceptors (Lipinski definition) is 1. The Hall–Kier alpha value is -6.58.